The minimum Gasteiger partial charge on any atom is -0.472 e. The number of nitrogens with one attached hydrogen (secondary N) is 3. The zero-order valence-corrected chi connectivity index (χ0v) is 18.2. The van der Waals surface area contributed by atoms with Crippen LogP contribution < -0.4 is 15.4 Å². The van der Waals surface area contributed by atoms with E-state index in [0.717, 1.165) is 6.07 Å². The molecule has 0 atom stereocenters. The number of halogens is 5. The van der Waals surface area contributed by atoms with Crippen molar-refractivity contribution in [2.24, 2.45) is 0 Å². The Kier molecular flexibility index (Phi) is 7.43. The molecule has 3 aromatic heterocycles. The zero-order valence-electron chi connectivity index (χ0n) is 18.2. The summed E-state index contributed by atoms with van der Waals surface area (Å²) in [6.07, 6.45) is -7.44. The normalized spacial score (nSPS) is 11.3. The lowest BCUT2D eigenvalue weighted by Gasteiger charge is -2.11. The molecule has 3 heterocycles. The van der Waals surface area contributed by atoms with Crippen LogP contribution in [0.25, 0.3) is 11.3 Å². The molecular weight excluding hydrogens is 479 g/mol. The first-order chi connectivity index (χ1) is 16.5. The molecule has 0 radical (unpaired) electrons. The van der Waals surface area contributed by atoms with Crippen molar-refractivity contribution < 1.29 is 31.5 Å². The number of hydrogen-bond donors (Lipinski definition) is 3. The molecule has 0 saturated heterocycles. The third-order valence-electron chi connectivity index (χ3n) is 4.45. The lowest BCUT2D eigenvalue weighted by Crippen LogP contribution is -2.28. The van der Waals surface area contributed by atoms with E-state index in [9.17, 15) is 26.7 Å². The van der Waals surface area contributed by atoms with Gasteiger partial charge in [-0.05, 0) is 31.5 Å². The summed E-state index contributed by atoms with van der Waals surface area (Å²) in [7, 11) is 0. The number of urea groups is 1. The van der Waals surface area contributed by atoms with Crippen molar-refractivity contribution in [2.45, 2.75) is 33.0 Å². The van der Waals surface area contributed by atoms with Crippen LogP contribution >= 0.6 is 0 Å². The Bertz CT molecular complexity index is 1270. The Morgan fingerprint density at radius 3 is 2.60 bits per heavy atom. The molecule has 184 valence electrons. The number of carbonyl (C=O) groups excluding carboxylic acids is 1. The Morgan fingerprint density at radius 1 is 1.23 bits per heavy atom. The number of rotatable bonds is 7. The highest BCUT2D eigenvalue weighted by Crippen LogP contribution is 2.37. The van der Waals surface area contributed by atoms with Crippen molar-refractivity contribution in [1.29, 1.82) is 5.26 Å². The topological polar surface area (TPSA) is 142 Å². The largest absolute Gasteiger partial charge is 0.472 e. The number of hydrogen-bond acceptors (Lipinski definition) is 7. The molecule has 0 saturated carbocycles. The second-order valence-corrected chi connectivity index (χ2v) is 7.14. The SMILES string of the molecule is Cc1cc(CNC(=O)Nc2cc(C#N)nc(OCC(F)F)c2)nnc1-c1c(C(F)(F)F)n[nH]c1C. The molecule has 15 heteroatoms. The van der Waals surface area contributed by atoms with Crippen LogP contribution in [-0.2, 0) is 12.7 Å². The van der Waals surface area contributed by atoms with Crippen LogP contribution in [0.2, 0.25) is 0 Å². The quantitative estimate of drug-likeness (QED) is 0.423. The maximum absolute atomic E-state index is 13.2. The monoisotopic (exact) mass is 496 g/mol. The van der Waals surface area contributed by atoms with E-state index in [1.54, 1.807) is 13.0 Å². The van der Waals surface area contributed by atoms with Crippen LogP contribution in [0.3, 0.4) is 0 Å². The lowest BCUT2D eigenvalue weighted by atomic mass is 10.0. The average molecular weight is 496 g/mol. The van der Waals surface area contributed by atoms with E-state index in [4.69, 9.17) is 10.00 Å². The first kappa shape index (κ1) is 25.3. The zero-order chi connectivity index (χ0) is 25.8. The van der Waals surface area contributed by atoms with E-state index in [0.29, 0.717) is 5.56 Å². The number of aromatic amines is 1. The van der Waals surface area contributed by atoms with Gasteiger partial charge in [0.1, 0.15) is 11.8 Å². The van der Waals surface area contributed by atoms with Gasteiger partial charge in [0.25, 0.3) is 6.43 Å². The highest BCUT2D eigenvalue weighted by atomic mass is 19.4. The number of anilines is 1. The molecule has 3 rings (SSSR count). The van der Waals surface area contributed by atoms with Crippen molar-refractivity contribution in [3.05, 3.63) is 46.5 Å². The molecule has 0 aliphatic carbocycles. The summed E-state index contributed by atoms with van der Waals surface area (Å²) in [5, 5.41) is 27.3. The van der Waals surface area contributed by atoms with Gasteiger partial charge in [-0.3, -0.25) is 5.10 Å². The van der Waals surface area contributed by atoms with Gasteiger partial charge >= 0.3 is 12.2 Å². The van der Waals surface area contributed by atoms with E-state index in [2.05, 4.69) is 36.0 Å². The fourth-order valence-electron chi connectivity index (χ4n) is 3.00. The first-order valence-electron chi connectivity index (χ1n) is 9.81. The lowest BCUT2D eigenvalue weighted by molar-refractivity contribution is -0.140. The molecular formula is C20H17F5N8O2. The van der Waals surface area contributed by atoms with Crippen LogP contribution in [0.15, 0.2) is 18.2 Å². The van der Waals surface area contributed by atoms with E-state index in [1.165, 1.54) is 19.1 Å². The Hall–Kier alpha value is -4.35. The van der Waals surface area contributed by atoms with Gasteiger partial charge in [-0.25, -0.2) is 18.6 Å². The van der Waals surface area contributed by atoms with Crippen molar-refractivity contribution in [2.75, 3.05) is 11.9 Å². The van der Waals surface area contributed by atoms with Gasteiger partial charge in [-0.1, -0.05) is 0 Å². The number of carbonyl (C=O) groups is 1. The summed E-state index contributed by atoms with van der Waals surface area (Å²) in [6.45, 7) is 1.90. The maximum atomic E-state index is 13.2. The minimum absolute atomic E-state index is 0.00563. The van der Waals surface area contributed by atoms with Gasteiger partial charge in [0.2, 0.25) is 5.88 Å². The van der Waals surface area contributed by atoms with Crippen LogP contribution in [-0.4, -0.2) is 44.4 Å². The minimum atomic E-state index is -4.69. The fourth-order valence-corrected chi connectivity index (χ4v) is 3.00. The number of H-pyrrole nitrogens is 1. The number of nitriles is 1. The number of nitrogens with zero attached hydrogens (tertiary/aromatic N) is 5. The van der Waals surface area contributed by atoms with E-state index < -0.39 is 30.9 Å². The average Bonchev–Trinajstić information content (AvgIpc) is 3.18. The van der Waals surface area contributed by atoms with Crippen molar-refractivity contribution >= 4 is 11.7 Å². The highest BCUT2D eigenvalue weighted by Gasteiger charge is 2.38. The van der Waals surface area contributed by atoms with Gasteiger partial charge in [0.15, 0.2) is 12.3 Å². The van der Waals surface area contributed by atoms with Crippen molar-refractivity contribution in [3.8, 4) is 23.2 Å². The fraction of sp³-hybridized carbons (Fsp3) is 0.300. The summed E-state index contributed by atoms with van der Waals surface area (Å²) in [4.78, 5) is 15.9. The summed E-state index contributed by atoms with van der Waals surface area (Å²) >= 11 is 0. The van der Waals surface area contributed by atoms with Crippen LogP contribution in [0, 0.1) is 25.2 Å². The summed E-state index contributed by atoms with van der Waals surface area (Å²) in [5.41, 5.74) is -0.632. The van der Waals surface area contributed by atoms with Gasteiger partial charge < -0.3 is 15.4 Å². The number of aromatic nitrogens is 5. The second kappa shape index (κ2) is 10.3. The Morgan fingerprint density at radius 2 is 1.97 bits per heavy atom. The maximum Gasteiger partial charge on any atom is 0.435 e. The molecule has 35 heavy (non-hydrogen) atoms. The number of ether oxygens (including phenoxy) is 1. The van der Waals surface area contributed by atoms with Gasteiger partial charge in [0, 0.05) is 11.8 Å². The Balaban J connectivity index is 1.69. The molecule has 2 amide bonds. The smallest absolute Gasteiger partial charge is 0.435 e. The van der Waals surface area contributed by atoms with Gasteiger partial charge in [-0.15, -0.1) is 5.10 Å². The highest BCUT2D eigenvalue weighted by molar-refractivity contribution is 5.89. The molecule has 0 bridgehead atoms. The standard InChI is InChI=1S/C20H17F5N8O2/c1-9-3-13(31-32-17(9)16-10(2)30-33-18(16)20(23,24)25)7-27-19(34)29-11-4-12(6-26)28-15(5-11)35-8-14(21)22/h3-5,14H,7-8H2,1-2H3,(H,30,33)(H2,27,28,29,34). The van der Waals surface area contributed by atoms with Crippen LogP contribution in [0.4, 0.5) is 32.4 Å². The molecule has 0 aromatic carbocycles. The Labute approximate surface area is 194 Å². The molecule has 0 aliphatic rings. The number of alkyl halides is 5. The van der Waals surface area contributed by atoms with Gasteiger partial charge in [0.05, 0.1) is 29.2 Å². The predicted octanol–water partition coefficient (Wildman–Crippen LogP) is 3.73. The van der Waals surface area contributed by atoms with Gasteiger partial charge in [-0.2, -0.15) is 28.6 Å². The number of aryl methyl sites for hydroxylation is 2. The summed E-state index contributed by atoms with van der Waals surface area (Å²) < 4.78 is 69.2. The molecule has 0 unspecified atom stereocenters. The van der Waals surface area contributed by atoms with Crippen LogP contribution in [0.5, 0.6) is 5.88 Å². The second-order valence-electron chi connectivity index (χ2n) is 7.14. The summed E-state index contributed by atoms with van der Waals surface area (Å²) in [5.74, 6) is -0.274. The van der Waals surface area contributed by atoms with E-state index in [-0.39, 0.29) is 46.5 Å². The summed E-state index contributed by atoms with van der Waals surface area (Å²) in [6, 6.07) is 4.81. The van der Waals surface area contributed by atoms with Crippen molar-refractivity contribution in [1.82, 2.24) is 30.7 Å². The first-order valence-corrected chi connectivity index (χ1v) is 9.81. The molecule has 0 fully saturated rings. The molecule has 0 aliphatic heterocycles. The molecule has 10 nitrogen and oxygen atoms in total. The third kappa shape index (κ3) is 6.37. The van der Waals surface area contributed by atoms with Crippen molar-refractivity contribution in [3.63, 3.8) is 0 Å². The van der Waals surface area contributed by atoms with E-state index in [1.807, 2.05) is 0 Å². The number of amides is 2. The molecule has 3 aromatic rings. The predicted molar refractivity (Wildman–Crippen MR) is 110 cm³/mol. The third-order valence-corrected chi connectivity index (χ3v) is 4.45. The van der Waals surface area contributed by atoms with E-state index >= 15 is 0 Å². The number of pyridine rings is 1. The molecule has 3 N–H and O–H groups in total. The molecule has 0 spiro atoms. The van der Waals surface area contributed by atoms with Crippen LogP contribution in [0.1, 0.15) is 28.3 Å².